The van der Waals surface area contributed by atoms with Gasteiger partial charge in [-0.05, 0) is 25.5 Å². The van der Waals surface area contributed by atoms with Gasteiger partial charge in [0.05, 0.1) is 23.3 Å². The molecular weight excluding hydrogens is 264 g/mol. The number of aryl methyl sites for hydroxylation is 2. The Morgan fingerprint density at radius 3 is 2.86 bits per heavy atom. The van der Waals surface area contributed by atoms with Crippen LogP contribution in [0.2, 0.25) is 0 Å². The number of para-hydroxylation sites is 2. The van der Waals surface area contributed by atoms with Crippen LogP contribution in [0.15, 0.2) is 34.9 Å². The molecule has 2 heterocycles. The smallest absolute Gasteiger partial charge is 0.133 e. The number of fused-ring (bicyclic) bond motifs is 1. The lowest BCUT2D eigenvalue weighted by atomic mass is 10.3. The van der Waals surface area contributed by atoms with E-state index in [0.29, 0.717) is 6.54 Å². The van der Waals surface area contributed by atoms with E-state index in [-0.39, 0.29) is 0 Å². The second-order valence-electron chi connectivity index (χ2n) is 5.20. The second-order valence-corrected chi connectivity index (χ2v) is 5.20. The Hall–Kier alpha value is -2.14. The van der Waals surface area contributed by atoms with Gasteiger partial charge in [-0.15, -0.1) is 0 Å². The van der Waals surface area contributed by atoms with Crippen LogP contribution >= 0.6 is 0 Å². The third-order valence-electron chi connectivity index (χ3n) is 3.45. The van der Waals surface area contributed by atoms with Gasteiger partial charge in [0.2, 0.25) is 0 Å². The molecule has 0 radical (unpaired) electrons. The number of hydrogen-bond acceptors (Lipinski definition) is 4. The highest BCUT2D eigenvalue weighted by molar-refractivity contribution is 5.75. The van der Waals surface area contributed by atoms with E-state index in [9.17, 15) is 0 Å². The van der Waals surface area contributed by atoms with Gasteiger partial charge >= 0.3 is 0 Å². The fourth-order valence-electron chi connectivity index (χ4n) is 2.54. The van der Waals surface area contributed by atoms with Gasteiger partial charge in [-0.3, -0.25) is 0 Å². The van der Waals surface area contributed by atoms with Crippen LogP contribution in [0.5, 0.6) is 0 Å². The molecule has 0 spiro atoms. The summed E-state index contributed by atoms with van der Waals surface area (Å²) in [6, 6.07) is 10.2. The molecule has 1 aromatic carbocycles. The molecule has 110 valence electrons. The molecule has 0 atom stereocenters. The maximum absolute atomic E-state index is 5.07. The van der Waals surface area contributed by atoms with Crippen molar-refractivity contribution in [3.8, 4) is 0 Å². The van der Waals surface area contributed by atoms with E-state index in [1.54, 1.807) is 0 Å². The molecule has 0 saturated carbocycles. The Labute approximate surface area is 124 Å². The Morgan fingerprint density at radius 2 is 2.10 bits per heavy atom. The van der Waals surface area contributed by atoms with Crippen LogP contribution in [-0.4, -0.2) is 14.7 Å². The van der Waals surface area contributed by atoms with Gasteiger partial charge in [-0.1, -0.05) is 24.2 Å². The molecular formula is C16H20N4O. The summed E-state index contributed by atoms with van der Waals surface area (Å²) < 4.78 is 7.35. The van der Waals surface area contributed by atoms with Crippen molar-refractivity contribution in [2.75, 3.05) is 0 Å². The molecule has 0 aliphatic heterocycles. The molecule has 0 bridgehead atoms. The van der Waals surface area contributed by atoms with E-state index < -0.39 is 0 Å². The van der Waals surface area contributed by atoms with Gasteiger partial charge in [0, 0.05) is 19.2 Å². The van der Waals surface area contributed by atoms with Crippen molar-refractivity contribution < 1.29 is 4.52 Å². The lowest BCUT2D eigenvalue weighted by molar-refractivity contribution is 0.388. The minimum Gasteiger partial charge on any atom is -0.361 e. The quantitative estimate of drug-likeness (QED) is 0.756. The first-order valence-corrected chi connectivity index (χ1v) is 7.35. The number of benzene rings is 1. The maximum atomic E-state index is 5.07. The summed E-state index contributed by atoms with van der Waals surface area (Å²) in [5.41, 5.74) is 3.18. The highest BCUT2D eigenvalue weighted by Gasteiger charge is 2.09. The molecule has 0 fully saturated rings. The third-order valence-corrected chi connectivity index (χ3v) is 3.45. The van der Waals surface area contributed by atoms with Gasteiger partial charge in [-0.25, -0.2) is 4.98 Å². The summed E-state index contributed by atoms with van der Waals surface area (Å²) in [5, 5.41) is 7.37. The zero-order valence-electron chi connectivity index (χ0n) is 12.5. The first kappa shape index (κ1) is 13.8. The molecule has 0 aliphatic rings. The number of aromatic nitrogens is 3. The van der Waals surface area contributed by atoms with Gasteiger partial charge in [0.15, 0.2) is 0 Å². The van der Waals surface area contributed by atoms with Crippen LogP contribution in [0.1, 0.15) is 30.6 Å². The minimum atomic E-state index is 0.687. The predicted molar refractivity (Wildman–Crippen MR) is 81.8 cm³/mol. The largest absolute Gasteiger partial charge is 0.361 e. The van der Waals surface area contributed by atoms with Crippen molar-refractivity contribution in [3.63, 3.8) is 0 Å². The monoisotopic (exact) mass is 284 g/mol. The average Bonchev–Trinajstić information content (AvgIpc) is 3.04. The molecule has 3 aromatic rings. The first-order chi connectivity index (χ1) is 10.3. The third kappa shape index (κ3) is 2.97. The van der Waals surface area contributed by atoms with Crippen LogP contribution in [-0.2, 0) is 19.6 Å². The maximum Gasteiger partial charge on any atom is 0.133 e. The summed E-state index contributed by atoms with van der Waals surface area (Å²) in [4.78, 5) is 4.72. The van der Waals surface area contributed by atoms with E-state index in [1.165, 1.54) is 5.52 Å². The molecule has 0 saturated heterocycles. The predicted octanol–water partition coefficient (Wildman–Crippen LogP) is 3.03. The van der Waals surface area contributed by atoms with Crippen LogP contribution in [0.25, 0.3) is 11.0 Å². The molecule has 21 heavy (non-hydrogen) atoms. The van der Waals surface area contributed by atoms with Crippen LogP contribution in [0.3, 0.4) is 0 Å². The Balaban J connectivity index is 1.74. The second kappa shape index (κ2) is 6.10. The SMILES string of the molecule is CCCn1c(CNCc2cc(C)on2)nc2ccccc21. The van der Waals surface area contributed by atoms with Crippen molar-refractivity contribution in [2.24, 2.45) is 0 Å². The molecule has 0 amide bonds. The van der Waals surface area contributed by atoms with Crippen molar-refractivity contribution in [2.45, 2.75) is 39.9 Å². The summed E-state index contributed by atoms with van der Waals surface area (Å²) in [7, 11) is 0. The number of rotatable bonds is 6. The summed E-state index contributed by atoms with van der Waals surface area (Å²) in [6.07, 6.45) is 1.09. The topological polar surface area (TPSA) is 55.9 Å². The van der Waals surface area contributed by atoms with Crippen molar-refractivity contribution in [3.05, 3.63) is 47.6 Å². The molecule has 5 nitrogen and oxygen atoms in total. The van der Waals surface area contributed by atoms with Gasteiger partial charge in [0.1, 0.15) is 11.6 Å². The van der Waals surface area contributed by atoms with Crippen molar-refractivity contribution in [1.29, 1.82) is 0 Å². The number of hydrogen-bond donors (Lipinski definition) is 1. The van der Waals surface area contributed by atoms with Crippen LogP contribution in [0.4, 0.5) is 0 Å². The molecule has 5 heteroatoms. The molecule has 0 aliphatic carbocycles. The summed E-state index contributed by atoms with van der Waals surface area (Å²) >= 11 is 0. The van der Waals surface area contributed by atoms with Crippen LogP contribution < -0.4 is 5.32 Å². The number of imidazole rings is 1. The Kier molecular flexibility index (Phi) is 4.01. The van der Waals surface area contributed by atoms with Crippen molar-refractivity contribution >= 4 is 11.0 Å². The summed E-state index contributed by atoms with van der Waals surface area (Å²) in [6.45, 7) is 6.48. The van der Waals surface area contributed by atoms with Gasteiger partial charge in [0.25, 0.3) is 0 Å². The standard InChI is InChI=1S/C16H20N4O/c1-3-8-20-15-7-5-4-6-14(15)18-16(20)11-17-10-13-9-12(2)21-19-13/h4-7,9,17H,3,8,10-11H2,1-2H3. The first-order valence-electron chi connectivity index (χ1n) is 7.35. The lowest BCUT2D eigenvalue weighted by Crippen LogP contribution is -2.17. The molecule has 0 unspecified atom stereocenters. The average molecular weight is 284 g/mol. The van der Waals surface area contributed by atoms with E-state index in [4.69, 9.17) is 9.51 Å². The molecule has 3 rings (SSSR count). The Morgan fingerprint density at radius 1 is 1.24 bits per heavy atom. The zero-order chi connectivity index (χ0) is 14.7. The fourth-order valence-corrected chi connectivity index (χ4v) is 2.54. The van der Waals surface area contributed by atoms with E-state index in [2.05, 4.69) is 40.2 Å². The minimum absolute atomic E-state index is 0.687. The highest BCUT2D eigenvalue weighted by Crippen LogP contribution is 2.16. The van der Waals surface area contributed by atoms with E-state index in [0.717, 1.165) is 42.3 Å². The molecule has 1 N–H and O–H groups in total. The highest BCUT2D eigenvalue weighted by atomic mass is 16.5. The van der Waals surface area contributed by atoms with Crippen molar-refractivity contribution in [1.82, 2.24) is 20.0 Å². The fraction of sp³-hybridized carbons (Fsp3) is 0.375. The normalized spacial score (nSPS) is 11.3. The number of nitrogens with zero attached hydrogens (tertiary/aromatic N) is 3. The van der Waals surface area contributed by atoms with E-state index >= 15 is 0 Å². The lowest BCUT2D eigenvalue weighted by Gasteiger charge is -2.08. The number of nitrogens with one attached hydrogen (secondary N) is 1. The summed E-state index contributed by atoms with van der Waals surface area (Å²) in [5.74, 6) is 1.91. The van der Waals surface area contributed by atoms with Crippen LogP contribution in [0, 0.1) is 6.92 Å². The Bertz CT molecular complexity index is 729. The van der Waals surface area contributed by atoms with Gasteiger partial charge in [-0.2, -0.15) is 0 Å². The van der Waals surface area contributed by atoms with E-state index in [1.807, 2.05) is 19.1 Å². The molecule has 2 aromatic heterocycles. The van der Waals surface area contributed by atoms with Gasteiger partial charge < -0.3 is 14.4 Å². The zero-order valence-corrected chi connectivity index (χ0v) is 12.5.